The molecule has 2 aromatic rings. The number of halogens is 3. The van der Waals surface area contributed by atoms with Gasteiger partial charge in [-0.05, 0) is 36.8 Å². The summed E-state index contributed by atoms with van der Waals surface area (Å²) < 4.78 is 34.6. The summed E-state index contributed by atoms with van der Waals surface area (Å²) >= 11 is 5.90. The van der Waals surface area contributed by atoms with Crippen molar-refractivity contribution in [3.63, 3.8) is 0 Å². The van der Waals surface area contributed by atoms with Crippen LogP contribution in [0, 0.1) is 6.92 Å². The number of alkyl halides is 2. The summed E-state index contributed by atoms with van der Waals surface area (Å²) in [7, 11) is 1.30. The summed E-state index contributed by atoms with van der Waals surface area (Å²) in [6.07, 6.45) is 0. The van der Waals surface area contributed by atoms with Gasteiger partial charge in [0.2, 0.25) is 0 Å². The number of aryl methyl sites for hydroxylation is 1. The van der Waals surface area contributed by atoms with Crippen molar-refractivity contribution in [1.29, 1.82) is 0 Å². The Morgan fingerprint density at radius 3 is 2.65 bits per heavy atom. The van der Waals surface area contributed by atoms with Crippen molar-refractivity contribution in [2.24, 2.45) is 0 Å². The van der Waals surface area contributed by atoms with Crippen LogP contribution in [0.3, 0.4) is 0 Å². The third-order valence-corrected chi connectivity index (χ3v) is 3.33. The van der Waals surface area contributed by atoms with Crippen molar-refractivity contribution in [2.45, 2.75) is 13.5 Å². The Bertz CT molecular complexity index is 722. The minimum Gasteiger partial charge on any atom is -0.493 e. The zero-order chi connectivity index (χ0) is 17.0. The van der Waals surface area contributed by atoms with Gasteiger partial charge in [-0.2, -0.15) is 8.78 Å². The van der Waals surface area contributed by atoms with Crippen molar-refractivity contribution < 1.29 is 23.0 Å². The third-order valence-electron chi connectivity index (χ3n) is 3.10. The third kappa shape index (κ3) is 4.10. The highest BCUT2D eigenvalue weighted by Gasteiger charge is 2.20. The van der Waals surface area contributed by atoms with Gasteiger partial charge in [-0.25, -0.2) is 0 Å². The first-order valence-corrected chi connectivity index (χ1v) is 6.99. The number of anilines is 1. The van der Waals surface area contributed by atoms with Gasteiger partial charge < -0.3 is 14.8 Å². The number of amides is 1. The number of ether oxygens (including phenoxy) is 2. The minimum absolute atomic E-state index is 0.0424. The number of nitrogens with one attached hydrogen (secondary N) is 1. The number of para-hydroxylation sites is 1. The average molecular weight is 342 g/mol. The maximum atomic E-state index is 12.6. The van der Waals surface area contributed by atoms with Crippen LogP contribution in [0.4, 0.5) is 14.5 Å². The number of hydrogen-bond acceptors (Lipinski definition) is 3. The predicted octanol–water partition coefficient (Wildman–Crippen LogP) is 4.51. The van der Waals surface area contributed by atoms with E-state index in [1.165, 1.54) is 25.3 Å². The van der Waals surface area contributed by atoms with E-state index in [2.05, 4.69) is 10.1 Å². The van der Waals surface area contributed by atoms with Crippen LogP contribution in [0.2, 0.25) is 5.02 Å². The lowest BCUT2D eigenvalue weighted by Gasteiger charge is -2.15. The van der Waals surface area contributed by atoms with E-state index in [0.29, 0.717) is 10.7 Å². The van der Waals surface area contributed by atoms with Crippen LogP contribution >= 0.6 is 11.6 Å². The Hall–Kier alpha value is -2.34. The average Bonchev–Trinajstić information content (AvgIpc) is 2.50. The molecule has 0 spiro atoms. The number of hydrogen-bond donors (Lipinski definition) is 1. The molecule has 0 aromatic heterocycles. The molecule has 0 atom stereocenters. The smallest absolute Gasteiger partial charge is 0.387 e. The van der Waals surface area contributed by atoms with Gasteiger partial charge in [0.1, 0.15) is 0 Å². The molecule has 0 aliphatic rings. The number of carbonyl (C=O) groups is 1. The summed E-state index contributed by atoms with van der Waals surface area (Å²) in [5.41, 5.74) is 1.19. The molecule has 0 saturated heterocycles. The second-order valence-electron chi connectivity index (χ2n) is 4.63. The van der Waals surface area contributed by atoms with Gasteiger partial charge in [0, 0.05) is 10.7 Å². The number of benzene rings is 2. The lowest BCUT2D eigenvalue weighted by molar-refractivity contribution is -0.0515. The van der Waals surface area contributed by atoms with E-state index >= 15 is 0 Å². The molecule has 0 fully saturated rings. The van der Waals surface area contributed by atoms with E-state index in [0.717, 1.165) is 5.56 Å². The summed E-state index contributed by atoms with van der Waals surface area (Å²) in [4.78, 5) is 12.4. The van der Waals surface area contributed by atoms with Crippen molar-refractivity contribution in [2.75, 3.05) is 12.4 Å². The fourth-order valence-corrected chi connectivity index (χ4v) is 2.16. The second kappa shape index (κ2) is 7.28. The van der Waals surface area contributed by atoms with Gasteiger partial charge >= 0.3 is 6.61 Å². The van der Waals surface area contributed by atoms with Crippen LogP contribution < -0.4 is 14.8 Å². The molecule has 1 N–H and O–H groups in total. The topological polar surface area (TPSA) is 47.6 Å². The van der Waals surface area contributed by atoms with Gasteiger partial charge in [0.05, 0.1) is 12.7 Å². The first-order valence-electron chi connectivity index (χ1n) is 6.61. The van der Waals surface area contributed by atoms with E-state index in [4.69, 9.17) is 16.3 Å². The zero-order valence-corrected chi connectivity index (χ0v) is 13.2. The maximum absolute atomic E-state index is 12.6. The molecule has 4 nitrogen and oxygen atoms in total. The van der Waals surface area contributed by atoms with E-state index < -0.39 is 12.5 Å². The van der Waals surface area contributed by atoms with Crippen LogP contribution in [0.5, 0.6) is 11.5 Å². The molecule has 0 aliphatic heterocycles. The Morgan fingerprint density at radius 1 is 1.26 bits per heavy atom. The van der Waals surface area contributed by atoms with Crippen molar-refractivity contribution in [3.05, 3.63) is 52.5 Å². The normalized spacial score (nSPS) is 10.5. The van der Waals surface area contributed by atoms with Crippen molar-refractivity contribution >= 4 is 23.2 Å². The molecule has 2 aromatic carbocycles. The predicted molar refractivity (Wildman–Crippen MR) is 83.8 cm³/mol. The van der Waals surface area contributed by atoms with Crippen LogP contribution in [-0.4, -0.2) is 19.6 Å². The maximum Gasteiger partial charge on any atom is 0.387 e. The molecule has 0 heterocycles. The van der Waals surface area contributed by atoms with Crippen molar-refractivity contribution in [3.8, 4) is 11.5 Å². The standard InChI is InChI=1S/C16H14ClF2NO3/c1-9-6-7-10(17)8-12(9)20-15(21)11-4-3-5-13(22-2)14(11)23-16(18)19/h3-8,16H,1-2H3,(H,20,21). The minimum atomic E-state index is -3.08. The number of rotatable bonds is 5. The zero-order valence-electron chi connectivity index (χ0n) is 12.4. The molecular weight excluding hydrogens is 328 g/mol. The van der Waals surface area contributed by atoms with E-state index in [1.54, 1.807) is 25.1 Å². The van der Waals surface area contributed by atoms with Crippen LogP contribution in [0.1, 0.15) is 15.9 Å². The molecule has 0 radical (unpaired) electrons. The largest absolute Gasteiger partial charge is 0.493 e. The Morgan fingerprint density at radius 2 is 2.00 bits per heavy atom. The SMILES string of the molecule is COc1cccc(C(=O)Nc2cc(Cl)ccc2C)c1OC(F)F. The monoisotopic (exact) mass is 341 g/mol. The fourth-order valence-electron chi connectivity index (χ4n) is 1.98. The Labute approximate surface area is 137 Å². The molecule has 0 saturated carbocycles. The first kappa shape index (κ1) is 17.0. The summed E-state index contributed by atoms with van der Waals surface area (Å²) in [5, 5.41) is 3.07. The molecule has 23 heavy (non-hydrogen) atoms. The van der Waals surface area contributed by atoms with Gasteiger partial charge in [-0.15, -0.1) is 0 Å². The molecule has 2 rings (SSSR count). The molecule has 1 amide bonds. The molecule has 7 heteroatoms. The van der Waals surface area contributed by atoms with Crippen LogP contribution in [0.25, 0.3) is 0 Å². The molecule has 122 valence electrons. The summed E-state index contributed by atoms with van der Waals surface area (Å²) in [6, 6.07) is 9.30. The quantitative estimate of drug-likeness (QED) is 0.870. The number of carbonyl (C=O) groups excluding carboxylic acids is 1. The summed E-state index contributed by atoms with van der Waals surface area (Å²) in [5.74, 6) is -0.882. The number of methoxy groups -OCH3 is 1. The highest BCUT2D eigenvalue weighted by molar-refractivity contribution is 6.31. The highest BCUT2D eigenvalue weighted by atomic mass is 35.5. The van der Waals surface area contributed by atoms with Crippen LogP contribution in [0.15, 0.2) is 36.4 Å². The van der Waals surface area contributed by atoms with Gasteiger partial charge in [0.25, 0.3) is 5.91 Å². The fraction of sp³-hybridized carbons (Fsp3) is 0.188. The van der Waals surface area contributed by atoms with Crippen molar-refractivity contribution in [1.82, 2.24) is 0 Å². The van der Waals surface area contributed by atoms with Crippen LogP contribution in [-0.2, 0) is 0 Å². The molecule has 0 unspecified atom stereocenters. The van der Waals surface area contributed by atoms with Gasteiger partial charge in [-0.1, -0.05) is 23.7 Å². The van der Waals surface area contributed by atoms with Gasteiger partial charge in [0.15, 0.2) is 11.5 Å². The molecular formula is C16H14ClF2NO3. The van der Waals surface area contributed by atoms with E-state index in [1.807, 2.05) is 0 Å². The van der Waals surface area contributed by atoms with E-state index in [-0.39, 0.29) is 17.1 Å². The molecule has 0 aliphatic carbocycles. The molecule has 0 bridgehead atoms. The lowest BCUT2D eigenvalue weighted by atomic mass is 10.1. The first-order chi connectivity index (χ1) is 10.9. The van der Waals surface area contributed by atoms with E-state index in [9.17, 15) is 13.6 Å². The second-order valence-corrected chi connectivity index (χ2v) is 5.07. The van der Waals surface area contributed by atoms with Gasteiger partial charge in [-0.3, -0.25) is 4.79 Å². The highest BCUT2D eigenvalue weighted by Crippen LogP contribution is 2.33. The lowest BCUT2D eigenvalue weighted by Crippen LogP contribution is -2.16. The Kier molecular flexibility index (Phi) is 5.39. The summed E-state index contributed by atoms with van der Waals surface area (Å²) in [6.45, 7) is -1.29. The Balaban J connectivity index is 2.37.